The fraction of sp³-hybridized carbons (Fsp3) is 0.200. The van der Waals surface area contributed by atoms with E-state index in [0.29, 0.717) is 43.3 Å². The van der Waals surface area contributed by atoms with E-state index in [2.05, 4.69) is 4.99 Å². The molecule has 5 nitrogen and oxygen atoms in total. The number of benzene rings is 3. The van der Waals surface area contributed by atoms with Crippen LogP contribution in [-0.2, 0) is 6.18 Å². The van der Waals surface area contributed by atoms with E-state index in [0.717, 1.165) is 12.1 Å². The molecule has 0 N–H and O–H groups in total. The third-order valence-corrected chi connectivity index (χ3v) is 5.80. The Balaban J connectivity index is 1.44. The summed E-state index contributed by atoms with van der Waals surface area (Å²) in [6.07, 6.45) is -4.51. The summed E-state index contributed by atoms with van der Waals surface area (Å²) in [7, 11) is 0. The summed E-state index contributed by atoms with van der Waals surface area (Å²) in [5, 5.41) is 0. The van der Waals surface area contributed by atoms with E-state index in [4.69, 9.17) is 4.74 Å². The minimum atomic E-state index is -4.51. The van der Waals surface area contributed by atoms with Gasteiger partial charge in [-0.25, -0.2) is 9.38 Å². The second kappa shape index (κ2) is 8.48. The van der Waals surface area contributed by atoms with Gasteiger partial charge in [0, 0.05) is 31.7 Å². The molecule has 5 rings (SSSR count). The predicted molar refractivity (Wildman–Crippen MR) is 118 cm³/mol. The van der Waals surface area contributed by atoms with Crippen LogP contribution in [0.1, 0.15) is 21.5 Å². The van der Waals surface area contributed by atoms with Crippen molar-refractivity contribution >= 4 is 17.4 Å². The highest BCUT2D eigenvalue weighted by atomic mass is 19.4. The first-order valence-electron chi connectivity index (χ1n) is 10.7. The van der Waals surface area contributed by atoms with Crippen molar-refractivity contribution in [1.82, 2.24) is 9.80 Å². The molecule has 0 saturated carbocycles. The van der Waals surface area contributed by atoms with Gasteiger partial charge in [0.05, 0.1) is 11.1 Å². The lowest BCUT2D eigenvalue weighted by Gasteiger charge is -2.36. The van der Waals surface area contributed by atoms with Crippen LogP contribution in [0.3, 0.4) is 0 Å². The maximum atomic E-state index is 13.5. The molecule has 1 amide bonds. The van der Waals surface area contributed by atoms with Gasteiger partial charge in [-0.2, -0.15) is 13.2 Å². The van der Waals surface area contributed by atoms with Crippen LogP contribution < -0.4 is 4.74 Å². The molecule has 34 heavy (non-hydrogen) atoms. The Kier molecular flexibility index (Phi) is 5.47. The number of carbonyl (C=O) groups is 1. The quantitative estimate of drug-likeness (QED) is 0.443. The molecule has 3 aromatic rings. The zero-order chi connectivity index (χ0) is 23.9. The van der Waals surface area contributed by atoms with Gasteiger partial charge in [-0.1, -0.05) is 18.2 Å². The van der Waals surface area contributed by atoms with E-state index in [1.807, 2.05) is 4.90 Å². The maximum Gasteiger partial charge on any atom is 0.416 e. The molecule has 0 aliphatic carbocycles. The topological polar surface area (TPSA) is 45.1 Å². The Labute approximate surface area is 192 Å². The molecule has 0 unspecified atom stereocenters. The largest absolute Gasteiger partial charge is 0.454 e. The maximum absolute atomic E-state index is 13.5. The van der Waals surface area contributed by atoms with Crippen molar-refractivity contribution in [2.75, 3.05) is 26.2 Å². The van der Waals surface area contributed by atoms with Crippen molar-refractivity contribution < 1.29 is 27.1 Å². The molecule has 1 fully saturated rings. The first-order chi connectivity index (χ1) is 16.3. The molecule has 0 aromatic heterocycles. The molecule has 2 aliphatic heterocycles. The number of hydrogen-bond acceptors (Lipinski definition) is 4. The summed E-state index contributed by atoms with van der Waals surface area (Å²) in [5.74, 6) is 0.441. The number of carbonyl (C=O) groups excluding carboxylic acids is 1. The monoisotopic (exact) mass is 469 g/mol. The summed E-state index contributed by atoms with van der Waals surface area (Å²) in [6.45, 7) is 1.52. The SMILES string of the molecule is O=C(c1cccc(F)c1)N1CCN(C2=Nc3cc(C(F)(F)F)ccc3Oc3ccccc32)CC1. The molecule has 0 bridgehead atoms. The second-order valence-corrected chi connectivity index (χ2v) is 8.00. The first-order valence-corrected chi connectivity index (χ1v) is 10.7. The lowest BCUT2D eigenvalue weighted by Crippen LogP contribution is -2.50. The van der Waals surface area contributed by atoms with Gasteiger partial charge < -0.3 is 14.5 Å². The summed E-state index contributed by atoms with van der Waals surface area (Å²) < 4.78 is 59.3. The molecule has 9 heteroatoms. The highest BCUT2D eigenvalue weighted by Crippen LogP contribution is 2.41. The van der Waals surface area contributed by atoms with Gasteiger partial charge in [-0.15, -0.1) is 0 Å². The standard InChI is InChI=1S/C25H19F4N3O2/c26-18-5-3-4-16(14-18)24(33)32-12-10-31(11-13-32)23-19-6-1-2-7-21(19)34-22-9-8-17(25(27,28)29)15-20(22)30-23/h1-9,14-15H,10-13H2. The van der Waals surface area contributed by atoms with Crippen LogP contribution in [-0.4, -0.2) is 47.7 Å². The van der Waals surface area contributed by atoms with Crippen LogP contribution >= 0.6 is 0 Å². The van der Waals surface area contributed by atoms with Gasteiger partial charge >= 0.3 is 6.18 Å². The van der Waals surface area contributed by atoms with Gasteiger partial charge in [0.25, 0.3) is 5.91 Å². The average molecular weight is 469 g/mol. The van der Waals surface area contributed by atoms with Crippen molar-refractivity contribution in [2.45, 2.75) is 6.18 Å². The van der Waals surface area contributed by atoms with Crippen molar-refractivity contribution in [3.63, 3.8) is 0 Å². The first kappa shape index (κ1) is 21.9. The summed E-state index contributed by atoms with van der Waals surface area (Å²) in [6, 6.07) is 15.9. The van der Waals surface area contributed by atoms with Gasteiger partial charge in [0.2, 0.25) is 0 Å². The van der Waals surface area contributed by atoms with Gasteiger partial charge in [-0.05, 0) is 48.5 Å². The third-order valence-electron chi connectivity index (χ3n) is 5.80. The van der Waals surface area contributed by atoms with Crippen LogP contribution in [0.2, 0.25) is 0 Å². The summed E-state index contributed by atoms with van der Waals surface area (Å²) in [4.78, 5) is 20.9. The van der Waals surface area contributed by atoms with E-state index in [1.54, 1.807) is 35.2 Å². The number of nitrogens with zero attached hydrogens (tertiary/aromatic N) is 3. The van der Waals surface area contributed by atoms with Crippen molar-refractivity contribution in [3.05, 3.63) is 89.2 Å². The van der Waals surface area contributed by atoms with Crippen molar-refractivity contribution in [2.24, 2.45) is 4.99 Å². The van der Waals surface area contributed by atoms with Gasteiger partial charge in [0.15, 0.2) is 5.75 Å². The molecule has 174 valence electrons. The lowest BCUT2D eigenvalue weighted by atomic mass is 10.1. The van der Waals surface area contributed by atoms with Crippen LogP contribution in [0.15, 0.2) is 71.7 Å². The summed E-state index contributed by atoms with van der Waals surface area (Å²) >= 11 is 0. The number of aliphatic imine (C=N–C) groups is 1. The Morgan fingerprint density at radius 2 is 1.65 bits per heavy atom. The van der Waals surface area contributed by atoms with Crippen LogP contribution in [0.25, 0.3) is 0 Å². The Morgan fingerprint density at radius 1 is 0.882 bits per heavy atom. The summed E-state index contributed by atoms with van der Waals surface area (Å²) in [5.41, 5.74) is 0.193. The minimum absolute atomic E-state index is 0.0827. The number of fused-ring (bicyclic) bond motifs is 2. The number of ether oxygens (including phenoxy) is 1. The molecule has 3 aromatic carbocycles. The van der Waals surface area contributed by atoms with E-state index in [9.17, 15) is 22.4 Å². The fourth-order valence-corrected chi connectivity index (χ4v) is 4.07. The number of halogens is 4. The second-order valence-electron chi connectivity index (χ2n) is 8.00. The molecule has 2 aliphatic rings. The van der Waals surface area contributed by atoms with E-state index >= 15 is 0 Å². The molecule has 0 atom stereocenters. The lowest BCUT2D eigenvalue weighted by molar-refractivity contribution is -0.137. The number of rotatable bonds is 1. The van der Waals surface area contributed by atoms with Crippen molar-refractivity contribution in [3.8, 4) is 11.5 Å². The minimum Gasteiger partial charge on any atom is -0.454 e. The molecule has 1 saturated heterocycles. The smallest absolute Gasteiger partial charge is 0.416 e. The number of amidine groups is 1. The van der Waals surface area contributed by atoms with E-state index in [1.165, 1.54) is 24.3 Å². The van der Waals surface area contributed by atoms with E-state index in [-0.39, 0.29) is 22.9 Å². The molecule has 0 radical (unpaired) electrons. The Hall–Kier alpha value is -3.88. The predicted octanol–water partition coefficient (Wildman–Crippen LogP) is 5.49. The number of hydrogen-bond donors (Lipinski definition) is 0. The number of amides is 1. The van der Waals surface area contributed by atoms with Gasteiger partial charge in [0.1, 0.15) is 23.1 Å². The molecular weight excluding hydrogens is 450 g/mol. The van der Waals surface area contributed by atoms with Crippen LogP contribution in [0, 0.1) is 5.82 Å². The molecule has 2 heterocycles. The average Bonchev–Trinajstić information content (AvgIpc) is 2.99. The third kappa shape index (κ3) is 4.21. The number of alkyl halides is 3. The highest BCUT2D eigenvalue weighted by Gasteiger charge is 2.33. The van der Waals surface area contributed by atoms with Crippen LogP contribution in [0.5, 0.6) is 11.5 Å². The molecular formula is C25H19F4N3O2. The van der Waals surface area contributed by atoms with E-state index < -0.39 is 17.6 Å². The van der Waals surface area contributed by atoms with Crippen LogP contribution in [0.4, 0.5) is 23.2 Å². The fourth-order valence-electron chi connectivity index (χ4n) is 4.07. The molecule has 0 spiro atoms. The van der Waals surface area contributed by atoms with Crippen molar-refractivity contribution in [1.29, 1.82) is 0 Å². The Morgan fingerprint density at radius 3 is 2.38 bits per heavy atom. The zero-order valence-corrected chi connectivity index (χ0v) is 17.8. The number of piperazine rings is 1. The normalized spacial score (nSPS) is 15.6. The van der Waals surface area contributed by atoms with Gasteiger partial charge in [-0.3, -0.25) is 4.79 Å². The highest BCUT2D eigenvalue weighted by molar-refractivity contribution is 6.04. The zero-order valence-electron chi connectivity index (χ0n) is 17.8. The number of para-hydroxylation sites is 1. The Bertz CT molecular complexity index is 1280.